The molecule has 1 N–H and O–H groups in total. The van der Waals surface area contributed by atoms with Crippen LogP contribution in [0.5, 0.6) is 0 Å². The van der Waals surface area contributed by atoms with Gasteiger partial charge in [-0.1, -0.05) is 5.16 Å². The summed E-state index contributed by atoms with van der Waals surface area (Å²) < 4.78 is 7.46. The maximum Gasteiger partial charge on any atom is 0.278 e. The first-order valence-corrected chi connectivity index (χ1v) is 8.41. The fourth-order valence-corrected chi connectivity index (χ4v) is 3.12. The maximum absolute atomic E-state index is 5.44. The van der Waals surface area contributed by atoms with E-state index < -0.39 is 0 Å². The molecule has 0 aromatic carbocycles. The summed E-state index contributed by atoms with van der Waals surface area (Å²) in [6, 6.07) is 6.55. The Labute approximate surface area is 139 Å². The summed E-state index contributed by atoms with van der Waals surface area (Å²) in [5, 5.41) is 12.1. The normalized spacial score (nSPS) is 16.4. The van der Waals surface area contributed by atoms with Crippen molar-refractivity contribution >= 4 is 5.82 Å². The summed E-state index contributed by atoms with van der Waals surface area (Å²) in [6.45, 7) is 2.94. The third kappa shape index (κ3) is 2.46. The van der Waals surface area contributed by atoms with E-state index in [1.165, 1.54) is 18.5 Å². The van der Waals surface area contributed by atoms with Gasteiger partial charge in [0.05, 0.1) is 0 Å². The van der Waals surface area contributed by atoms with E-state index in [4.69, 9.17) is 4.52 Å². The van der Waals surface area contributed by atoms with Gasteiger partial charge in [0.25, 0.3) is 5.89 Å². The molecule has 1 fully saturated rings. The number of aryl methyl sites for hydroxylation is 3. The van der Waals surface area contributed by atoms with Gasteiger partial charge in [-0.15, -0.1) is 0 Å². The van der Waals surface area contributed by atoms with Crippen molar-refractivity contribution in [2.24, 2.45) is 0 Å². The van der Waals surface area contributed by atoms with Gasteiger partial charge in [0.15, 0.2) is 5.69 Å². The van der Waals surface area contributed by atoms with Crippen LogP contribution in [0.1, 0.15) is 30.7 Å². The van der Waals surface area contributed by atoms with Gasteiger partial charge in [0, 0.05) is 29.5 Å². The highest BCUT2D eigenvalue weighted by Gasteiger charge is 2.22. The zero-order chi connectivity index (χ0) is 16.1. The second kappa shape index (κ2) is 5.15. The van der Waals surface area contributed by atoms with Crippen LogP contribution in [0.4, 0.5) is 5.82 Å². The third-order valence-corrected chi connectivity index (χ3v) is 4.45. The Morgan fingerprint density at radius 1 is 1.21 bits per heavy atom. The standard InChI is InChI=1S/C17H18N6O/c1-10-7-11(8-15(18-10)19-12-4-5-12)16-20-17(24-22-16)14-9-13-3-2-6-23(13)21-14/h7-9,12H,2-6H2,1H3,(H,18,19). The Morgan fingerprint density at radius 2 is 2.12 bits per heavy atom. The van der Waals surface area contributed by atoms with Gasteiger partial charge in [0.2, 0.25) is 5.82 Å². The van der Waals surface area contributed by atoms with Crippen molar-refractivity contribution in [2.75, 3.05) is 5.32 Å². The van der Waals surface area contributed by atoms with Crippen molar-refractivity contribution in [3.8, 4) is 23.0 Å². The van der Waals surface area contributed by atoms with Crippen molar-refractivity contribution in [3.05, 3.63) is 29.6 Å². The third-order valence-electron chi connectivity index (χ3n) is 4.45. The molecule has 24 heavy (non-hydrogen) atoms. The van der Waals surface area contributed by atoms with Crippen LogP contribution in [0.15, 0.2) is 22.7 Å². The van der Waals surface area contributed by atoms with E-state index in [9.17, 15) is 0 Å². The van der Waals surface area contributed by atoms with Crippen LogP contribution < -0.4 is 5.32 Å². The average Bonchev–Trinajstić information content (AvgIpc) is 2.98. The number of aromatic nitrogens is 5. The first-order chi connectivity index (χ1) is 11.7. The van der Waals surface area contributed by atoms with E-state index >= 15 is 0 Å². The molecule has 1 aliphatic heterocycles. The summed E-state index contributed by atoms with van der Waals surface area (Å²) in [5.74, 6) is 1.92. The average molecular weight is 322 g/mol. The van der Waals surface area contributed by atoms with Crippen LogP contribution in [0, 0.1) is 6.92 Å². The minimum atomic E-state index is 0.470. The van der Waals surface area contributed by atoms with Crippen LogP contribution >= 0.6 is 0 Å². The second-order valence-electron chi connectivity index (χ2n) is 6.57. The van der Waals surface area contributed by atoms with Crippen LogP contribution in [0.3, 0.4) is 0 Å². The number of anilines is 1. The molecule has 0 atom stereocenters. The summed E-state index contributed by atoms with van der Waals surface area (Å²) in [4.78, 5) is 9.06. The minimum absolute atomic E-state index is 0.470. The number of nitrogens with one attached hydrogen (secondary N) is 1. The Balaban J connectivity index is 1.46. The minimum Gasteiger partial charge on any atom is -0.367 e. The van der Waals surface area contributed by atoms with Crippen LogP contribution in [0.25, 0.3) is 23.0 Å². The number of hydrogen-bond acceptors (Lipinski definition) is 6. The van der Waals surface area contributed by atoms with Crippen molar-refractivity contribution < 1.29 is 4.52 Å². The first-order valence-electron chi connectivity index (χ1n) is 8.41. The van der Waals surface area contributed by atoms with Gasteiger partial charge < -0.3 is 9.84 Å². The van der Waals surface area contributed by atoms with Gasteiger partial charge in [0.1, 0.15) is 5.82 Å². The van der Waals surface area contributed by atoms with Crippen LogP contribution in [0.2, 0.25) is 0 Å². The molecule has 0 amide bonds. The van der Waals surface area contributed by atoms with Crippen LogP contribution in [-0.4, -0.2) is 30.9 Å². The van der Waals surface area contributed by atoms with E-state index in [-0.39, 0.29) is 0 Å². The number of fused-ring (bicyclic) bond motifs is 1. The molecular formula is C17H18N6O. The van der Waals surface area contributed by atoms with Crippen molar-refractivity contribution in [1.82, 2.24) is 24.9 Å². The SMILES string of the molecule is Cc1cc(-c2noc(-c3cc4n(n3)CCC4)n2)cc(NC2CC2)n1. The predicted octanol–water partition coefficient (Wildman–Crippen LogP) is 2.82. The summed E-state index contributed by atoms with van der Waals surface area (Å²) in [5.41, 5.74) is 3.83. The smallest absolute Gasteiger partial charge is 0.278 e. The van der Waals surface area contributed by atoms with Gasteiger partial charge in [-0.2, -0.15) is 10.1 Å². The lowest BCUT2D eigenvalue weighted by molar-refractivity contribution is 0.430. The molecule has 3 aromatic heterocycles. The van der Waals surface area contributed by atoms with Gasteiger partial charge in [-0.3, -0.25) is 4.68 Å². The summed E-state index contributed by atoms with van der Waals surface area (Å²) in [6.07, 6.45) is 4.64. The molecule has 7 heteroatoms. The Hall–Kier alpha value is -2.70. The molecule has 0 saturated heterocycles. The molecule has 1 saturated carbocycles. The number of hydrogen-bond donors (Lipinski definition) is 1. The Bertz CT molecular complexity index is 886. The van der Waals surface area contributed by atoms with Crippen LogP contribution in [-0.2, 0) is 13.0 Å². The predicted molar refractivity (Wildman–Crippen MR) is 88.5 cm³/mol. The zero-order valence-electron chi connectivity index (χ0n) is 13.5. The molecule has 0 bridgehead atoms. The van der Waals surface area contributed by atoms with Gasteiger partial charge in [-0.05, 0) is 50.8 Å². The fraction of sp³-hybridized carbons (Fsp3) is 0.412. The largest absolute Gasteiger partial charge is 0.367 e. The maximum atomic E-state index is 5.44. The molecule has 0 radical (unpaired) electrons. The zero-order valence-corrected chi connectivity index (χ0v) is 13.5. The van der Waals surface area contributed by atoms with E-state index in [0.717, 1.165) is 42.2 Å². The quantitative estimate of drug-likeness (QED) is 0.795. The first kappa shape index (κ1) is 13.7. The molecule has 0 unspecified atom stereocenters. The van der Waals surface area contributed by atoms with E-state index in [0.29, 0.717) is 17.8 Å². The van der Waals surface area contributed by atoms with E-state index in [2.05, 4.69) is 25.5 Å². The van der Waals surface area contributed by atoms with E-state index in [1.807, 2.05) is 29.8 Å². The van der Waals surface area contributed by atoms with E-state index in [1.54, 1.807) is 0 Å². The molecule has 122 valence electrons. The lowest BCUT2D eigenvalue weighted by Gasteiger charge is -2.06. The molecule has 1 aliphatic carbocycles. The Morgan fingerprint density at radius 3 is 2.96 bits per heavy atom. The molecule has 0 spiro atoms. The lowest BCUT2D eigenvalue weighted by atomic mass is 10.2. The van der Waals surface area contributed by atoms with Crippen molar-refractivity contribution in [1.29, 1.82) is 0 Å². The fourth-order valence-electron chi connectivity index (χ4n) is 3.12. The van der Waals surface area contributed by atoms with Gasteiger partial charge >= 0.3 is 0 Å². The van der Waals surface area contributed by atoms with Gasteiger partial charge in [-0.25, -0.2) is 4.98 Å². The number of pyridine rings is 1. The molecule has 5 rings (SSSR count). The molecule has 7 nitrogen and oxygen atoms in total. The van der Waals surface area contributed by atoms with Crippen molar-refractivity contribution in [3.63, 3.8) is 0 Å². The molecular weight excluding hydrogens is 304 g/mol. The number of nitrogens with zero attached hydrogens (tertiary/aromatic N) is 5. The summed E-state index contributed by atoms with van der Waals surface area (Å²) >= 11 is 0. The summed E-state index contributed by atoms with van der Waals surface area (Å²) in [7, 11) is 0. The highest BCUT2D eigenvalue weighted by Crippen LogP contribution is 2.28. The topological polar surface area (TPSA) is 81.7 Å². The highest BCUT2D eigenvalue weighted by molar-refractivity contribution is 5.62. The van der Waals surface area contributed by atoms with Crippen molar-refractivity contribution in [2.45, 2.75) is 45.2 Å². The Kier molecular flexibility index (Phi) is 2.95. The highest BCUT2D eigenvalue weighted by atomic mass is 16.5. The molecule has 4 heterocycles. The molecule has 2 aliphatic rings. The lowest BCUT2D eigenvalue weighted by Crippen LogP contribution is -2.04. The molecule has 3 aromatic rings. The second-order valence-corrected chi connectivity index (χ2v) is 6.57. The monoisotopic (exact) mass is 322 g/mol. The number of rotatable bonds is 4.